The molecule has 0 aliphatic rings. The van der Waals surface area contributed by atoms with Crippen LogP contribution in [-0.2, 0) is 0 Å². The van der Waals surface area contributed by atoms with E-state index in [0.717, 1.165) is 0 Å². The Hall–Kier alpha value is -0.420. The summed E-state index contributed by atoms with van der Waals surface area (Å²) in [6.07, 6.45) is 0. The predicted octanol–water partition coefficient (Wildman–Crippen LogP) is 2.37. The van der Waals surface area contributed by atoms with Gasteiger partial charge in [0.15, 0.2) is 0 Å². The molecule has 1 radical (unpaired) electrons. The molecule has 0 atom stereocenters. The smallest absolute Gasteiger partial charge is 0.0289 e. The van der Waals surface area contributed by atoms with Crippen molar-refractivity contribution in [1.82, 2.24) is 0 Å². The zero-order valence-electron chi connectivity index (χ0n) is 7.24. The van der Waals surface area contributed by atoms with E-state index in [-0.39, 0.29) is 4.70 Å². The van der Waals surface area contributed by atoms with Crippen molar-refractivity contribution in [2.45, 2.75) is 0 Å². The van der Waals surface area contributed by atoms with Gasteiger partial charge in [0.2, 0.25) is 0 Å². The van der Waals surface area contributed by atoms with Gasteiger partial charge in [0.1, 0.15) is 0 Å². The maximum absolute atomic E-state index is 2.34. The summed E-state index contributed by atoms with van der Waals surface area (Å²) in [7, 11) is -0.768. The summed E-state index contributed by atoms with van der Waals surface area (Å²) in [6, 6.07) is 10.7. The van der Waals surface area contributed by atoms with Crippen LogP contribution >= 0.6 is 7.26 Å². The Morgan fingerprint density at radius 3 is 1.64 bits per heavy atom. The van der Waals surface area contributed by atoms with Crippen LogP contribution in [0.4, 0.5) is 4.70 Å². The summed E-state index contributed by atoms with van der Waals surface area (Å²) in [4.78, 5) is 0. The highest BCUT2D eigenvalue weighted by atomic mass is 31.2. The first kappa shape index (κ1) is 10.6. The second kappa shape index (κ2) is 3.82. The molecular weight excluding hydrogens is 158 g/mol. The average Bonchev–Trinajstić information content (AvgIpc) is 1.88. The maximum atomic E-state index is 2.34. The van der Waals surface area contributed by atoms with Crippen molar-refractivity contribution >= 4 is 12.6 Å². The minimum absolute atomic E-state index is 0. The SMILES string of the molecule is C[P](C)(C)c1ccccc1.F. The fourth-order valence-electron chi connectivity index (χ4n) is 0.875. The van der Waals surface area contributed by atoms with Crippen molar-refractivity contribution in [2.75, 3.05) is 20.0 Å². The molecule has 63 valence electrons. The zero-order chi connectivity index (χ0) is 7.61. The molecule has 0 N–H and O–H groups in total. The van der Waals surface area contributed by atoms with E-state index in [1.165, 1.54) is 5.30 Å². The van der Waals surface area contributed by atoms with E-state index < -0.39 is 7.26 Å². The Balaban J connectivity index is 0.000001000. The zero-order valence-corrected chi connectivity index (χ0v) is 8.14. The molecule has 2 heteroatoms. The van der Waals surface area contributed by atoms with Gasteiger partial charge in [0, 0.05) is 0 Å². The third-order valence-electron chi connectivity index (χ3n) is 1.53. The molecule has 0 aliphatic carbocycles. The van der Waals surface area contributed by atoms with Crippen molar-refractivity contribution in [3.63, 3.8) is 0 Å². The maximum Gasteiger partial charge on any atom is -0.0289 e. The number of rotatable bonds is 1. The van der Waals surface area contributed by atoms with Crippen LogP contribution in [0, 0.1) is 0 Å². The van der Waals surface area contributed by atoms with Gasteiger partial charge in [-0.05, 0) is 25.3 Å². The Morgan fingerprint density at radius 2 is 1.36 bits per heavy atom. The number of benzene rings is 1. The summed E-state index contributed by atoms with van der Waals surface area (Å²) >= 11 is 0. The van der Waals surface area contributed by atoms with Gasteiger partial charge in [-0.15, -0.1) is 7.26 Å². The van der Waals surface area contributed by atoms with Gasteiger partial charge >= 0.3 is 0 Å². The van der Waals surface area contributed by atoms with E-state index in [9.17, 15) is 0 Å². The molecule has 0 aromatic heterocycles. The van der Waals surface area contributed by atoms with Crippen LogP contribution in [0.1, 0.15) is 0 Å². The fraction of sp³-hybridized carbons (Fsp3) is 0.333. The van der Waals surface area contributed by atoms with Crippen molar-refractivity contribution in [2.24, 2.45) is 0 Å². The van der Waals surface area contributed by atoms with E-state index in [2.05, 4.69) is 50.3 Å². The van der Waals surface area contributed by atoms with Crippen molar-refractivity contribution in [3.8, 4) is 0 Å². The van der Waals surface area contributed by atoms with Gasteiger partial charge < -0.3 is 0 Å². The molecule has 0 fully saturated rings. The lowest BCUT2D eigenvalue weighted by Gasteiger charge is -2.21. The second-order valence-corrected chi connectivity index (χ2v) is 7.89. The first-order valence-corrected chi connectivity index (χ1v) is 6.61. The highest BCUT2D eigenvalue weighted by Crippen LogP contribution is 2.44. The Bertz CT molecular complexity index is 201. The molecule has 0 unspecified atom stereocenters. The number of halogens is 1. The molecule has 1 aromatic rings. The lowest BCUT2D eigenvalue weighted by atomic mass is 10.4. The van der Waals surface area contributed by atoms with E-state index in [4.69, 9.17) is 0 Å². The lowest BCUT2D eigenvalue weighted by Crippen LogP contribution is -2.05. The van der Waals surface area contributed by atoms with E-state index in [1.54, 1.807) is 0 Å². The summed E-state index contributed by atoms with van der Waals surface area (Å²) in [5.41, 5.74) is 0. The Labute approximate surface area is 68.3 Å². The topological polar surface area (TPSA) is 0 Å². The Morgan fingerprint density at radius 1 is 0.909 bits per heavy atom. The normalized spacial score (nSPS) is 10.5. The molecule has 0 bridgehead atoms. The lowest BCUT2D eigenvalue weighted by molar-refractivity contribution is 1.11. The van der Waals surface area contributed by atoms with Crippen LogP contribution in [0.2, 0.25) is 0 Å². The van der Waals surface area contributed by atoms with Crippen molar-refractivity contribution in [3.05, 3.63) is 30.3 Å². The van der Waals surface area contributed by atoms with Crippen LogP contribution < -0.4 is 5.30 Å². The molecule has 0 aliphatic heterocycles. The molecule has 0 nitrogen and oxygen atoms in total. The van der Waals surface area contributed by atoms with Gasteiger partial charge in [-0.3, -0.25) is 4.70 Å². The van der Waals surface area contributed by atoms with Crippen LogP contribution in [0.5, 0.6) is 0 Å². The third kappa shape index (κ3) is 2.98. The predicted molar refractivity (Wildman–Crippen MR) is 53.3 cm³/mol. The summed E-state index contributed by atoms with van der Waals surface area (Å²) in [6.45, 7) is 7.01. The fourth-order valence-corrected chi connectivity index (χ4v) is 1.94. The summed E-state index contributed by atoms with van der Waals surface area (Å²) < 4.78 is 0. The molecular formula is C9H15FP. The van der Waals surface area contributed by atoms with Gasteiger partial charge in [0.05, 0.1) is 0 Å². The molecule has 1 rings (SSSR count). The van der Waals surface area contributed by atoms with Crippen LogP contribution in [0.25, 0.3) is 0 Å². The van der Waals surface area contributed by atoms with Gasteiger partial charge in [0.25, 0.3) is 0 Å². The van der Waals surface area contributed by atoms with Crippen LogP contribution in [0.3, 0.4) is 0 Å². The molecule has 0 heterocycles. The van der Waals surface area contributed by atoms with Crippen LogP contribution in [0.15, 0.2) is 30.3 Å². The molecule has 1 aromatic carbocycles. The van der Waals surface area contributed by atoms with E-state index >= 15 is 0 Å². The van der Waals surface area contributed by atoms with Gasteiger partial charge in [-0.2, -0.15) is 0 Å². The number of hydrogen-bond donors (Lipinski definition) is 0. The molecule has 11 heavy (non-hydrogen) atoms. The Kier molecular flexibility index (Phi) is 3.68. The first-order valence-electron chi connectivity index (χ1n) is 3.48. The molecule has 0 saturated carbocycles. The standard InChI is InChI=1S/C9H14P.FH/c1-10(2,3)9-7-5-4-6-8-9;/h4-8H,1-3H3;1H. The summed E-state index contributed by atoms with van der Waals surface area (Å²) in [5, 5.41) is 1.51. The minimum atomic E-state index is -0.768. The average molecular weight is 173 g/mol. The third-order valence-corrected chi connectivity index (χ3v) is 3.38. The molecule has 0 spiro atoms. The largest absolute Gasteiger partial charge is 0.269 e. The quantitative estimate of drug-likeness (QED) is 0.572. The highest BCUT2D eigenvalue weighted by molar-refractivity contribution is 7.80. The summed E-state index contributed by atoms with van der Waals surface area (Å²) in [5.74, 6) is 0. The van der Waals surface area contributed by atoms with Crippen molar-refractivity contribution < 1.29 is 4.70 Å². The number of hydrogen-bond acceptors (Lipinski definition) is 0. The highest BCUT2D eigenvalue weighted by Gasteiger charge is 2.08. The minimum Gasteiger partial charge on any atom is -0.269 e. The molecule has 0 saturated heterocycles. The van der Waals surface area contributed by atoms with E-state index in [1.807, 2.05) is 0 Å². The van der Waals surface area contributed by atoms with Gasteiger partial charge in [-0.1, -0.05) is 30.3 Å². The van der Waals surface area contributed by atoms with Crippen LogP contribution in [-0.4, -0.2) is 20.0 Å². The van der Waals surface area contributed by atoms with E-state index in [0.29, 0.717) is 0 Å². The first-order chi connectivity index (χ1) is 4.61. The monoisotopic (exact) mass is 173 g/mol. The van der Waals surface area contributed by atoms with Crippen molar-refractivity contribution in [1.29, 1.82) is 0 Å². The van der Waals surface area contributed by atoms with Gasteiger partial charge in [-0.25, -0.2) is 0 Å². The molecule has 0 amide bonds. The second-order valence-electron chi connectivity index (χ2n) is 3.35.